The summed E-state index contributed by atoms with van der Waals surface area (Å²) >= 11 is 0. The van der Waals surface area contributed by atoms with Gasteiger partial charge in [0.1, 0.15) is 5.94 Å². The maximum atomic E-state index is 9.88. The Morgan fingerprint density at radius 2 is 1.47 bits per heavy atom. The second-order valence-electron chi connectivity index (χ2n) is 4.28. The first-order chi connectivity index (χ1) is 8.41. The van der Waals surface area contributed by atoms with Crippen molar-refractivity contribution in [2.45, 2.75) is 64.7 Å². The van der Waals surface area contributed by atoms with Gasteiger partial charge in [-0.15, -0.1) is 0 Å². The number of hydrogen-bond donors (Lipinski definition) is 0. The molecule has 17 heavy (non-hydrogen) atoms. The zero-order valence-corrected chi connectivity index (χ0v) is 11.2. The van der Waals surface area contributed by atoms with Crippen molar-refractivity contribution in [3.8, 4) is 0 Å². The molecular weight excluding hydrogens is 208 g/mol. The van der Waals surface area contributed by atoms with E-state index < -0.39 is 0 Å². The van der Waals surface area contributed by atoms with Crippen LogP contribution in [0.25, 0.3) is 0 Å². The topological polar surface area (TPSA) is 17.1 Å². The second kappa shape index (κ2) is 14.9. The monoisotopic (exact) mass is 234 g/mol. The average Bonchev–Trinajstić information content (AvgIpc) is 2.35. The zero-order chi connectivity index (χ0) is 12.6. The number of hydrogen-bond acceptors (Lipinski definition) is 1. The van der Waals surface area contributed by atoms with Crippen LogP contribution in [0.5, 0.6) is 0 Å². The molecule has 0 aromatic carbocycles. The number of unbranched alkanes of at least 4 members (excludes halogenated alkanes) is 6. The molecule has 0 amide bonds. The van der Waals surface area contributed by atoms with Gasteiger partial charge in [0.2, 0.25) is 0 Å². The largest absolute Gasteiger partial charge is 0.234 e. The van der Waals surface area contributed by atoms with Crippen LogP contribution in [0.15, 0.2) is 30.4 Å². The van der Waals surface area contributed by atoms with E-state index in [1.165, 1.54) is 44.6 Å². The molecule has 0 spiro atoms. The lowest BCUT2D eigenvalue weighted by Gasteiger charge is -1.95. The summed E-state index contributed by atoms with van der Waals surface area (Å²) in [7, 11) is 0. The molecule has 0 saturated heterocycles. The van der Waals surface area contributed by atoms with Crippen LogP contribution in [0.4, 0.5) is 0 Å². The Bertz CT molecular complexity index is 244. The maximum Gasteiger partial charge on any atom is 0.120 e. The smallest absolute Gasteiger partial charge is 0.120 e. The van der Waals surface area contributed by atoms with Crippen LogP contribution >= 0.6 is 0 Å². The van der Waals surface area contributed by atoms with Crippen molar-refractivity contribution in [2.75, 3.05) is 0 Å². The van der Waals surface area contributed by atoms with Gasteiger partial charge in [-0.05, 0) is 32.1 Å². The van der Waals surface area contributed by atoms with Crippen LogP contribution in [0.3, 0.4) is 0 Å². The van der Waals surface area contributed by atoms with Gasteiger partial charge in [-0.3, -0.25) is 0 Å². The van der Waals surface area contributed by atoms with Crippen LogP contribution in [0, 0.1) is 0 Å². The summed E-state index contributed by atoms with van der Waals surface area (Å²) in [6, 6.07) is 0. The molecule has 0 radical (unpaired) electrons. The summed E-state index contributed by atoms with van der Waals surface area (Å²) in [4.78, 5) is 9.88. The lowest BCUT2D eigenvalue weighted by molar-refractivity contribution is 0.568. The molecule has 0 saturated carbocycles. The molecule has 0 rings (SSSR count). The number of rotatable bonds is 11. The van der Waals surface area contributed by atoms with Gasteiger partial charge < -0.3 is 0 Å². The highest BCUT2D eigenvalue weighted by molar-refractivity contribution is 5.45. The number of carbonyl (C=O) groups excluding carboxylic acids is 1. The Morgan fingerprint density at radius 3 is 2.18 bits per heavy atom. The predicted octanol–water partition coefficient (Wildman–Crippen LogP) is 5.02. The zero-order valence-electron chi connectivity index (χ0n) is 11.2. The van der Waals surface area contributed by atoms with Crippen molar-refractivity contribution >= 4 is 5.94 Å². The van der Waals surface area contributed by atoms with Gasteiger partial charge in [-0.2, -0.15) is 0 Å². The van der Waals surface area contributed by atoms with E-state index in [9.17, 15) is 4.79 Å². The van der Waals surface area contributed by atoms with Crippen molar-refractivity contribution < 1.29 is 4.79 Å². The van der Waals surface area contributed by atoms with E-state index in [1.54, 1.807) is 5.94 Å². The maximum absolute atomic E-state index is 9.88. The van der Waals surface area contributed by atoms with E-state index >= 15 is 0 Å². The molecule has 0 heterocycles. The third kappa shape index (κ3) is 14.9. The van der Waals surface area contributed by atoms with E-state index in [-0.39, 0.29) is 0 Å². The van der Waals surface area contributed by atoms with Gasteiger partial charge >= 0.3 is 0 Å². The van der Waals surface area contributed by atoms with Crippen molar-refractivity contribution in [2.24, 2.45) is 0 Å². The molecule has 0 aliphatic heterocycles. The fraction of sp³-hybridized carbons (Fsp3) is 0.625. The van der Waals surface area contributed by atoms with Gasteiger partial charge in [0.25, 0.3) is 0 Å². The molecule has 96 valence electrons. The Hall–Kier alpha value is -1.07. The SMILES string of the molecule is CCCCCCCC=CCC/C=C\CC=C=O. The predicted molar refractivity (Wildman–Crippen MR) is 75.8 cm³/mol. The highest BCUT2D eigenvalue weighted by atomic mass is 16.1. The fourth-order valence-electron chi connectivity index (χ4n) is 1.62. The Labute approximate surface area is 106 Å². The van der Waals surface area contributed by atoms with Crippen LogP contribution in [0.2, 0.25) is 0 Å². The van der Waals surface area contributed by atoms with E-state index in [4.69, 9.17) is 0 Å². The minimum absolute atomic E-state index is 0.713. The molecule has 0 aliphatic rings. The summed E-state index contributed by atoms with van der Waals surface area (Å²) < 4.78 is 0. The number of allylic oxidation sites excluding steroid dienone is 5. The molecule has 0 unspecified atom stereocenters. The molecule has 0 fully saturated rings. The van der Waals surface area contributed by atoms with E-state index in [2.05, 4.69) is 25.2 Å². The van der Waals surface area contributed by atoms with Gasteiger partial charge in [0.05, 0.1) is 0 Å². The first-order valence-electron chi connectivity index (χ1n) is 6.91. The molecule has 0 aliphatic carbocycles. The van der Waals surface area contributed by atoms with Crippen molar-refractivity contribution in [3.63, 3.8) is 0 Å². The Balaban J connectivity index is 3.19. The molecule has 1 nitrogen and oxygen atoms in total. The van der Waals surface area contributed by atoms with E-state index in [0.717, 1.165) is 12.8 Å². The van der Waals surface area contributed by atoms with Crippen molar-refractivity contribution in [1.82, 2.24) is 0 Å². The van der Waals surface area contributed by atoms with Gasteiger partial charge in [0, 0.05) is 6.08 Å². The Kier molecular flexibility index (Phi) is 14.0. The van der Waals surface area contributed by atoms with Crippen LogP contribution in [0.1, 0.15) is 64.7 Å². The molecule has 0 aromatic rings. The van der Waals surface area contributed by atoms with E-state index in [1.807, 2.05) is 6.08 Å². The van der Waals surface area contributed by atoms with Crippen molar-refractivity contribution in [3.05, 3.63) is 30.4 Å². The minimum atomic E-state index is 0.713. The standard InChI is InChI=1S/C16H26O/c1-2-3-4-5-6-7-8-9-10-11-12-13-14-15-16-17/h8-9,12-13,15H,2-7,10-11,14H2,1H3/b9-8?,13-12-. The Morgan fingerprint density at radius 1 is 0.824 bits per heavy atom. The summed E-state index contributed by atoms with van der Waals surface area (Å²) in [5.74, 6) is 1.77. The highest BCUT2D eigenvalue weighted by Crippen LogP contribution is 2.05. The molecule has 0 bridgehead atoms. The van der Waals surface area contributed by atoms with Crippen molar-refractivity contribution in [1.29, 1.82) is 0 Å². The quantitative estimate of drug-likeness (QED) is 0.279. The summed E-state index contributed by atoms with van der Waals surface area (Å²) in [6.45, 7) is 2.25. The first-order valence-corrected chi connectivity index (χ1v) is 6.91. The summed E-state index contributed by atoms with van der Waals surface area (Å²) in [6.07, 6.45) is 21.1. The minimum Gasteiger partial charge on any atom is -0.234 e. The third-order valence-electron chi connectivity index (χ3n) is 2.64. The van der Waals surface area contributed by atoms with Gasteiger partial charge in [0.15, 0.2) is 0 Å². The molecule has 0 atom stereocenters. The van der Waals surface area contributed by atoms with Gasteiger partial charge in [-0.1, -0.05) is 56.9 Å². The highest BCUT2D eigenvalue weighted by Gasteiger charge is 1.86. The van der Waals surface area contributed by atoms with Gasteiger partial charge in [-0.25, -0.2) is 4.79 Å². The fourth-order valence-corrected chi connectivity index (χ4v) is 1.62. The second-order valence-corrected chi connectivity index (χ2v) is 4.28. The van der Waals surface area contributed by atoms with Crippen LogP contribution in [-0.2, 0) is 4.79 Å². The van der Waals surface area contributed by atoms with Crippen LogP contribution in [-0.4, -0.2) is 5.94 Å². The molecule has 0 N–H and O–H groups in total. The molecule has 0 aromatic heterocycles. The average molecular weight is 234 g/mol. The lowest BCUT2D eigenvalue weighted by Crippen LogP contribution is -1.76. The first kappa shape index (κ1) is 15.9. The summed E-state index contributed by atoms with van der Waals surface area (Å²) in [5, 5.41) is 0. The normalized spacial score (nSPS) is 11.1. The third-order valence-corrected chi connectivity index (χ3v) is 2.64. The van der Waals surface area contributed by atoms with E-state index in [0.29, 0.717) is 6.42 Å². The molecular formula is C16H26O. The summed E-state index contributed by atoms with van der Waals surface area (Å²) in [5.41, 5.74) is 0. The lowest BCUT2D eigenvalue weighted by atomic mass is 10.1. The molecule has 1 heteroatoms. The van der Waals surface area contributed by atoms with Crippen LogP contribution < -0.4 is 0 Å².